The monoisotopic (exact) mass is 402 g/mol. The van der Waals surface area contributed by atoms with Gasteiger partial charge in [-0.1, -0.05) is 19.0 Å². The lowest BCUT2D eigenvalue weighted by molar-refractivity contribution is -0.121. The number of benzene rings is 1. The van der Waals surface area contributed by atoms with Gasteiger partial charge in [0.05, 0.1) is 0 Å². The van der Waals surface area contributed by atoms with Crippen molar-refractivity contribution in [3.63, 3.8) is 0 Å². The van der Waals surface area contributed by atoms with E-state index in [0.29, 0.717) is 42.1 Å². The summed E-state index contributed by atoms with van der Waals surface area (Å²) in [6.45, 7) is 11.7. The van der Waals surface area contributed by atoms with Crippen molar-refractivity contribution in [2.45, 2.75) is 52.5 Å². The lowest BCUT2D eigenvalue weighted by atomic mass is 9.88. The van der Waals surface area contributed by atoms with Gasteiger partial charge in [0.25, 0.3) is 0 Å². The van der Waals surface area contributed by atoms with E-state index in [4.69, 9.17) is 4.52 Å². The van der Waals surface area contributed by atoms with Crippen LogP contribution in [0.4, 0.5) is 4.39 Å². The molecule has 1 aromatic carbocycles. The third-order valence-corrected chi connectivity index (χ3v) is 5.58. The smallest absolute Gasteiger partial charge is 0.227 e. The summed E-state index contributed by atoms with van der Waals surface area (Å²) in [7, 11) is 0. The highest BCUT2D eigenvalue weighted by Crippen LogP contribution is 2.27. The molecule has 6 nitrogen and oxygen atoms in total. The minimum atomic E-state index is -0.314. The third kappa shape index (κ3) is 5.85. The quantitative estimate of drug-likeness (QED) is 0.765. The Morgan fingerprint density at radius 2 is 1.90 bits per heavy atom. The van der Waals surface area contributed by atoms with Gasteiger partial charge >= 0.3 is 0 Å². The van der Waals surface area contributed by atoms with Gasteiger partial charge in [0.15, 0.2) is 0 Å². The van der Waals surface area contributed by atoms with Crippen LogP contribution in [0.2, 0.25) is 0 Å². The molecule has 1 N–H and O–H groups in total. The van der Waals surface area contributed by atoms with Crippen LogP contribution in [0.3, 0.4) is 0 Å². The first kappa shape index (κ1) is 21.4. The Morgan fingerprint density at radius 1 is 1.24 bits per heavy atom. The third-order valence-electron chi connectivity index (χ3n) is 5.58. The minimum Gasteiger partial charge on any atom is -0.354 e. The highest BCUT2D eigenvalue weighted by molar-refractivity contribution is 5.76. The fourth-order valence-electron chi connectivity index (χ4n) is 3.97. The summed E-state index contributed by atoms with van der Waals surface area (Å²) < 4.78 is 18.2. The topological polar surface area (TPSA) is 71.3 Å². The van der Waals surface area contributed by atoms with Crippen LogP contribution >= 0.6 is 0 Å². The van der Waals surface area contributed by atoms with E-state index >= 15 is 0 Å². The summed E-state index contributed by atoms with van der Waals surface area (Å²) in [5, 5.41) is 6.96. The molecule has 2 atom stereocenters. The SMILES string of the molecule is CC1CC(C)CN(C(C)(C)CNC(=O)CCc2nc(-c3ccc(F)cc3)no2)C1. The average molecular weight is 403 g/mol. The van der Waals surface area contributed by atoms with Crippen molar-refractivity contribution < 1.29 is 13.7 Å². The largest absolute Gasteiger partial charge is 0.354 e. The molecule has 2 heterocycles. The molecular formula is C22H31FN4O2. The van der Waals surface area contributed by atoms with Gasteiger partial charge in [-0.2, -0.15) is 4.98 Å². The number of carbonyl (C=O) groups excluding carboxylic acids is 1. The first-order valence-corrected chi connectivity index (χ1v) is 10.3. The van der Waals surface area contributed by atoms with Gasteiger partial charge < -0.3 is 9.84 Å². The number of halogens is 1. The number of amides is 1. The molecule has 1 saturated heterocycles. The van der Waals surface area contributed by atoms with Gasteiger partial charge in [0, 0.05) is 43.6 Å². The molecule has 1 aliphatic heterocycles. The second-order valence-corrected chi connectivity index (χ2v) is 8.96. The van der Waals surface area contributed by atoms with E-state index in [1.165, 1.54) is 18.6 Å². The van der Waals surface area contributed by atoms with Crippen molar-refractivity contribution in [3.05, 3.63) is 36.0 Å². The number of rotatable bonds is 7. The number of nitrogens with zero attached hydrogens (tertiary/aromatic N) is 3. The fraction of sp³-hybridized carbons (Fsp3) is 0.591. The summed E-state index contributed by atoms with van der Waals surface area (Å²) >= 11 is 0. The molecule has 1 aromatic heterocycles. The van der Waals surface area contributed by atoms with Crippen LogP contribution < -0.4 is 5.32 Å². The Labute approximate surface area is 171 Å². The van der Waals surface area contributed by atoms with E-state index in [1.54, 1.807) is 12.1 Å². The Bertz CT molecular complexity index is 808. The maximum absolute atomic E-state index is 13.0. The Hall–Kier alpha value is -2.28. The van der Waals surface area contributed by atoms with Gasteiger partial charge in [-0.05, 0) is 56.4 Å². The van der Waals surface area contributed by atoms with E-state index in [9.17, 15) is 9.18 Å². The summed E-state index contributed by atoms with van der Waals surface area (Å²) in [6, 6.07) is 5.90. The maximum Gasteiger partial charge on any atom is 0.227 e. The van der Waals surface area contributed by atoms with Crippen molar-refractivity contribution in [2.24, 2.45) is 11.8 Å². The van der Waals surface area contributed by atoms with Crippen LogP contribution in [0.1, 0.15) is 46.4 Å². The number of aryl methyl sites for hydroxylation is 1. The van der Waals surface area contributed by atoms with Crippen LogP contribution in [0, 0.1) is 17.7 Å². The predicted molar refractivity (Wildman–Crippen MR) is 110 cm³/mol. The van der Waals surface area contributed by atoms with Gasteiger partial charge in [-0.3, -0.25) is 9.69 Å². The Balaban J connectivity index is 1.47. The first-order valence-electron chi connectivity index (χ1n) is 10.3. The van der Waals surface area contributed by atoms with Crippen LogP contribution in [-0.4, -0.2) is 46.1 Å². The minimum absolute atomic E-state index is 0.0299. The number of hydrogen-bond donors (Lipinski definition) is 1. The zero-order valence-corrected chi connectivity index (χ0v) is 17.7. The molecule has 1 aliphatic rings. The van der Waals surface area contributed by atoms with Crippen LogP contribution in [-0.2, 0) is 11.2 Å². The van der Waals surface area contributed by atoms with Gasteiger partial charge in [-0.25, -0.2) is 4.39 Å². The molecule has 7 heteroatoms. The van der Waals surface area contributed by atoms with Gasteiger partial charge in [-0.15, -0.1) is 0 Å². The molecule has 0 aliphatic carbocycles. The molecule has 1 amide bonds. The number of nitrogens with one attached hydrogen (secondary N) is 1. The van der Waals surface area contributed by atoms with Crippen molar-refractivity contribution in [2.75, 3.05) is 19.6 Å². The molecule has 1 fully saturated rings. The lowest BCUT2D eigenvalue weighted by Crippen LogP contribution is -2.56. The van der Waals surface area contributed by atoms with E-state index in [1.807, 2.05) is 0 Å². The molecule has 158 valence electrons. The predicted octanol–water partition coefficient (Wildman–Crippen LogP) is 3.68. The zero-order valence-electron chi connectivity index (χ0n) is 17.7. The fourth-order valence-corrected chi connectivity index (χ4v) is 3.97. The Morgan fingerprint density at radius 3 is 2.55 bits per heavy atom. The number of piperidine rings is 1. The van der Waals surface area contributed by atoms with Crippen molar-refractivity contribution in [1.82, 2.24) is 20.4 Å². The summed E-state index contributed by atoms with van der Waals surface area (Å²) in [5.74, 6) is 1.82. The molecule has 29 heavy (non-hydrogen) atoms. The van der Waals surface area contributed by atoms with Crippen LogP contribution in [0.15, 0.2) is 28.8 Å². The molecule has 2 aromatic rings. The lowest BCUT2D eigenvalue weighted by Gasteiger charge is -2.45. The van der Waals surface area contributed by atoms with Crippen LogP contribution in [0.5, 0.6) is 0 Å². The average Bonchev–Trinajstić information content (AvgIpc) is 3.13. The Kier molecular flexibility index (Phi) is 6.67. The number of hydrogen-bond acceptors (Lipinski definition) is 5. The van der Waals surface area contributed by atoms with E-state index in [2.05, 4.69) is 48.1 Å². The summed E-state index contributed by atoms with van der Waals surface area (Å²) in [4.78, 5) is 19.1. The first-order chi connectivity index (χ1) is 13.7. The zero-order chi connectivity index (χ0) is 21.0. The molecule has 2 unspecified atom stereocenters. The molecule has 0 bridgehead atoms. The highest BCUT2D eigenvalue weighted by Gasteiger charge is 2.32. The normalized spacial score (nSPS) is 20.6. The van der Waals surface area contributed by atoms with E-state index < -0.39 is 0 Å². The molecule has 0 radical (unpaired) electrons. The number of likely N-dealkylation sites (tertiary alicyclic amines) is 1. The second-order valence-electron chi connectivity index (χ2n) is 8.96. The number of aromatic nitrogens is 2. The van der Waals surface area contributed by atoms with Crippen LogP contribution in [0.25, 0.3) is 11.4 Å². The standard InChI is InChI=1S/C22H31FN4O2/c1-15-11-16(2)13-27(12-15)22(3,4)14-24-19(28)9-10-20-25-21(26-29-20)17-5-7-18(23)8-6-17/h5-8,15-16H,9-14H2,1-4H3,(H,24,28). The second kappa shape index (κ2) is 9.03. The van der Waals surface area contributed by atoms with E-state index in [0.717, 1.165) is 13.1 Å². The van der Waals surface area contributed by atoms with Crippen molar-refractivity contribution in [1.29, 1.82) is 0 Å². The molecule has 0 saturated carbocycles. The number of carbonyl (C=O) groups is 1. The molecule has 3 rings (SSSR count). The van der Waals surface area contributed by atoms with Gasteiger partial charge in [0.1, 0.15) is 5.82 Å². The maximum atomic E-state index is 13.0. The molecular weight excluding hydrogens is 371 g/mol. The van der Waals surface area contributed by atoms with Crippen molar-refractivity contribution in [3.8, 4) is 11.4 Å². The summed E-state index contributed by atoms with van der Waals surface area (Å²) in [6.07, 6.45) is 1.93. The van der Waals surface area contributed by atoms with E-state index in [-0.39, 0.29) is 23.7 Å². The summed E-state index contributed by atoms with van der Waals surface area (Å²) in [5.41, 5.74) is 0.594. The van der Waals surface area contributed by atoms with Crippen molar-refractivity contribution >= 4 is 5.91 Å². The van der Waals surface area contributed by atoms with Gasteiger partial charge in [0.2, 0.25) is 17.6 Å². The molecule has 0 spiro atoms. The highest BCUT2D eigenvalue weighted by atomic mass is 19.1.